The molecule has 8 nitrogen and oxygen atoms in total. The maximum atomic E-state index is 12.5. The summed E-state index contributed by atoms with van der Waals surface area (Å²) >= 11 is 0. The van der Waals surface area contributed by atoms with Crippen molar-refractivity contribution in [3.63, 3.8) is 0 Å². The first-order valence-electron chi connectivity index (χ1n) is 8.49. The predicted molar refractivity (Wildman–Crippen MR) is 94.7 cm³/mol. The van der Waals surface area contributed by atoms with E-state index in [1.807, 2.05) is 23.1 Å². The van der Waals surface area contributed by atoms with Gasteiger partial charge < -0.3 is 14.6 Å². The number of nitrogens with one attached hydrogen (secondary N) is 2. The topological polar surface area (TPSA) is 104 Å². The van der Waals surface area contributed by atoms with Crippen LogP contribution in [0, 0.1) is 5.92 Å². The Kier molecular flexibility index (Phi) is 4.26. The monoisotopic (exact) mass is 354 g/mol. The van der Waals surface area contributed by atoms with Crippen molar-refractivity contribution in [3.05, 3.63) is 46.2 Å². The highest BCUT2D eigenvalue weighted by Crippen LogP contribution is 2.20. The van der Waals surface area contributed by atoms with Gasteiger partial charge >= 0.3 is 0 Å². The maximum Gasteiger partial charge on any atom is 0.261 e. The van der Waals surface area contributed by atoms with E-state index in [1.54, 1.807) is 6.07 Å². The van der Waals surface area contributed by atoms with E-state index in [9.17, 15) is 14.4 Å². The standard InChI is InChI=1S/C18H18N4O4/c23-15-10-11(12-3-1-2-4-14(12)19-15)9-13-16(24)20-18(21-17(13)25)22-5-7-26-8-6-22/h1-4,10,13H,5-9H2,(H,19,23)(H,20,21,24,25). The highest BCUT2D eigenvalue weighted by molar-refractivity contribution is 6.15. The highest BCUT2D eigenvalue weighted by atomic mass is 16.5. The number of benzene rings is 1. The average Bonchev–Trinajstić information content (AvgIpc) is 2.65. The Hall–Kier alpha value is -3.00. The molecule has 2 aliphatic rings. The number of hydrogen-bond donors (Lipinski definition) is 2. The van der Waals surface area contributed by atoms with Gasteiger partial charge in [-0.05, 0) is 18.1 Å². The first-order chi connectivity index (χ1) is 12.6. The van der Waals surface area contributed by atoms with E-state index in [2.05, 4.69) is 15.3 Å². The van der Waals surface area contributed by atoms with E-state index in [0.717, 1.165) is 5.39 Å². The number of amides is 2. The second kappa shape index (κ2) is 6.72. The molecule has 134 valence electrons. The van der Waals surface area contributed by atoms with Gasteiger partial charge in [0.2, 0.25) is 17.4 Å². The van der Waals surface area contributed by atoms with Gasteiger partial charge in [0.25, 0.3) is 5.91 Å². The van der Waals surface area contributed by atoms with Crippen LogP contribution < -0.4 is 10.9 Å². The predicted octanol–water partition coefficient (Wildman–Crippen LogP) is 0.0314. The summed E-state index contributed by atoms with van der Waals surface area (Å²) in [6.45, 7) is 2.22. The number of aromatic nitrogens is 1. The molecule has 0 saturated carbocycles. The van der Waals surface area contributed by atoms with Crippen molar-refractivity contribution < 1.29 is 14.3 Å². The van der Waals surface area contributed by atoms with E-state index < -0.39 is 17.7 Å². The van der Waals surface area contributed by atoms with E-state index in [0.29, 0.717) is 37.4 Å². The summed E-state index contributed by atoms with van der Waals surface area (Å²) < 4.78 is 5.27. The molecule has 0 spiro atoms. The number of pyridine rings is 1. The van der Waals surface area contributed by atoms with E-state index in [4.69, 9.17) is 4.74 Å². The minimum atomic E-state index is -0.940. The Bertz CT molecular complexity index is 959. The van der Waals surface area contributed by atoms with Crippen LogP contribution in [0.1, 0.15) is 5.56 Å². The van der Waals surface area contributed by atoms with Crippen LogP contribution in [0.3, 0.4) is 0 Å². The van der Waals surface area contributed by atoms with Gasteiger partial charge in [-0.3, -0.25) is 19.7 Å². The number of fused-ring (bicyclic) bond motifs is 1. The first kappa shape index (κ1) is 16.5. The molecule has 26 heavy (non-hydrogen) atoms. The molecule has 2 aliphatic heterocycles. The SMILES string of the molecule is O=C1N=C(N2CCOCC2)NC(=O)C1Cc1cc(=O)[nH]c2ccccc12. The van der Waals surface area contributed by atoms with Crippen LogP contribution in [-0.4, -0.2) is 54.0 Å². The molecule has 1 saturated heterocycles. The number of hydrogen-bond acceptors (Lipinski definition) is 5. The van der Waals surface area contributed by atoms with Gasteiger partial charge in [-0.25, -0.2) is 0 Å². The lowest BCUT2D eigenvalue weighted by atomic mass is 9.94. The summed E-state index contributed by atoms with van der Waals surface area (Å²) in [5.74, 6) is -1.53. The zero-order valence-corrected chi connectivity index (χ0v) is 14.0. The number of morpholine rings is 1. The van der Waals surface area contributed by atoms with Gasteiger partial charge in [-0.1, -0.05) is 18.2 Å². The molecule has 1 atom stereocenters. The summed E-state index contributed by atoms with van der Waals surface area (Å²) in [5.41, 5.74) is 1.07. The summed E-state index contributed by atoms with van der Waals surface area (Å²) in [5, 5.41) is 3.54. The fourth-order valence-corrected chi connectivity index (χ4v) is 3.29. The van der Waals surface area contributed by atoms with E-state index in [-0.39, 0.29) is 17.9 Å². The third-order valence-corrected chi connectivity index (χ3v) is 4.64. The van der Waals surface area contributed by atoms with Gasteiger partial charge in [0.1, 0.15) is 5.92 Å². The molecule has 8 heteroatoms. The largest absolute Gasteiger partial charge is 0.378 e. The Morgan fingerprint density at radius 3 is 2.69 bits per heavy atom. The fraction of sp³-hybridized carbons (Fsp3) is 0.333. The quantitative estimate of drug-likeness (QED) is 0.741. The molecule has 3 heterocycles. The number of nitrogens with zero attached hydrogens (tertiary/aromatic N) is 2. The van der Waals surface area contributed by atoms with Crippen molar-refractivity contribution in [2.24, 2.45) is 10.9 Å². The zero-order valence-electron chi connectivity index (χ0n) is 14.0. The number of H-pyrrole nitrogens is 1. The third-order valence-electron chi connectivity index (χ3n) is 4.64. The molecule has 0 bridgehead atoms. The fourth-order valence-electron chi connectivity index (χ4n) is 3.29. The van der Waals surface area contributed by atoms with Gasteiger partial charge in [0.05, 0.1) is 13.2 Å². The minimum absolute atomic E-state index is 0.134. The molecular weight excluding hydrogens is 336 g/mol. The second-order valence-corrected chi connectivity index (χ2v) is 6.32. The molecule has 1 fully saturated rings. The summed E-state index contributed by atoms with van der Waals surface area (Å²) in [7, 11) is 0. The van der Waals surface area contributed by atoms with Crippen LogP contribution in [0.4, 0.5) is 0 Å². The van der Waals surface area contributed by atoms with Crippen LogP contribution >= 0.6 is 0 Å². The van der Waals surface area contributed by atoms with Gasteiger partial charge in [0, 0.05) is 30.1 Å². The van der Waals surface area contributed by atoms with Crippen LogP contribution in [0.2, 0.25) is 0 Å². The molecule has 2 amide bonds. The Labute approximate surface area is 148 Å². The molecule has 0 aliphatic carbocycles. The average molecular weight is 354 g/mol. The van der Waals surface area contributed by atoms with E-state index in [1.165, 1.54) is 6.07 Å². The minimum Gasteiger partial charge on any atom is -0.378 e. The number of rotatable bonds is 2. The summed E-state index contributed by atoms with van der Waals surface area (Å²) in [6, 6.07) is 8.75. The maximum absolute atomic E-state index is 12.5. The van der Waals surface area contributed by atoms with Crippen molar-refractivity contribution in [2.45, 2.75) is 6.42 Å². The van der Waals surface area contributed by atoms with Crippen molar-refractivity contribution in [1.29, 1.82) is 0 Å². The normalized spacial score (nSPS) is 20.8. The van der Waals surface area contributed by atoms with E-state index >= 15 is 0 Å². The van der Waals surface area contributed by atoms with Gasteiger partial charge in [0.15, 0.2) is 0 Å². The smallest absolute Gasteiger partial charge is 0.261 e. The third kappa shape index (κ3) is 3.11. The number of ether oxygens (including phenoxy) is 1. The zero-order chi connectivity index (χ0) is 18.1. The molecule has 4 rings (SSSR count). The van der Waals surface area contributed by atoms with Gasteiger partial charge in [-0.15, -0.1) is 0 Å². The summed E-state index contributed by atoms with van der Waals surface area (Å²) in [4.78, 5) is 45.5. The Balaban J connectivity index is 1.61. The summed E-state index contributed by atoms with van der Waals surface area (Å²) in [6.07, 6.45) is 0.134. The number of guanidine groups is 1. The number of carbonyl (C=O) groups is 2. The molecule has 2 aromatic rings. The molecule has 1 aromatic heterocycles. The molecule has 1 aromatic carbocycles. The molecule has 0 radical (unpaired) electrons. The molecular formula is C18H18N4O4. The number of aliphatic imine (C=N–C) groups is 1. The van der Waals surface area contributed by atoms with Crippen molar-refractivity contribution in [3.8, 4) is 0 Å². The lowest BCUT2D eigenvalue weighted by molar-refractivity contribution is -0.133. The lowest BCUT2D eigenvalue weighted by Gasteiger charge is -2.32. The van der Waals surface area contributed by atoms with Crippen molar-refractivity contribution in [1.82, 2.24) is 15.2 Å². The van der Waals surface area contributed by atoms with Crippen LogP contribution in [0.5, 0.6) is 0 Å². The van der Waals surface area contributed by atoms with Crippen LogP contribution in [0.15, 0.2) is 40.1 Å². The Morgan fingerprint density at radius 1 is 1.15 bits per heavy atom. The van der Waals surface area contributed by atoms with Crippen LogP contribution in [-0.2, 0) is 20.7 Å². The first-order valence-corrected chi connectivity index (χ1v) is 8.49. The van der Waals surface area contributed by atoms with Crippen molar-refractivity contribution in [2.75, 3.05) is 26.3 Å². The molecule has 2 N–H and O–H groups in total. The Morgan fingerprint density at radius 2 is 1.92 bits per heavy atom. The lowest BCUT2D eigenvalue weighted by Crippen LogP contribution is -2.54. The number of aromatic amines is 1. The number of carbonyl (C=O) groups excluding carboxylic acids is 2. The van der Waals surface area contributed by atoms with Gasteiger partial charge in [-0.2, -0.15) is 4.99 Å². The van der Waals surface area contributed by atoms with Crippen molar-refractivity contribution >= 4 is 28.7 Å². The highest BCUT2D eigenvalue weighted by Gasteiger charge is 2.34. The number of para-hydroxylation sites is 1. The second-order valence-electron chi connectivity index (χ2n) is 6.32. The molecule has 1 unspecified atom stereocenters. The van der Waals surface area contributed by atoms with Crippen LogP contribution in [0.25, 0.3) is 10.9 Å².